The quantitative estimate of drug-likeness (QED) is 0.745. The summed E-state index contributed by atoms with van der Waals surface area (Å²) in [5.41, 5.74) is 0.419. The molecule has 1 rings (SSSR count). The van der Waals surface area contributed by atoms with Gasteiger partial charge in [-0.15, -0.1) is 0 Å². The number of halogens is 1. The van der Waals surface area contributed by atoms with Crippen molar-refractivity contribution in [2.45, 2.75) is 19.8 Å². The Kier molecular flexibility index (Phi) is 5.28. The number of rotatable bonds is 6. The van der Waals surface area contributed by atoms with Gasteiger partial charge in [0.1, 0.15) is 0 Å². The van der Waals surface area contributed by atoms with Crippen molar-refractivity contribution in [1.29, 1.82) is 0 Å². The summed E-state index contributed by atoms with van der Waals surface area (Å²) in [7, 11) is 4.44. The van der Waals surface area contributed by atoms with Crippen LogP contribution in [0.5, 0.6) is 17.2 Å². The van der Waals surface area contributed by atoms with Crippen molar-refractivity contribution in [2.75, 3.05) is 21.3 Å². The van der Waals surface area contributed by atoms with E-state index in [1.165, 1.54) is 21.3 Å². The summed E-state index contributed by atoms with van der Waals surface area (Å²) >= 11 is 6.07. The van der Waals surface area contributed by atoms with E-state index in [9.17, 15) is 4.79 Å². The molecular weight excluding hydrogens is 256 g/mol. The maximum absolute atomic E-state index is 12.0. The van der Waals surface area contributed by atoms with Crippen molar-refractivity contribution in [3.05, 3.63) is 16.7 Å². The van der Waals surface area contributed by atoms with Gasteiger partial charge in [0.2, 0.25) is 5.75 Å². The van der Waals surface area contributed by atoms with E-state index in [1.54, 1.807) is 6.07 Å². The van der Waals surface area contributed by atoms with E-state index in [0.717, 1.165) is 6.42 Å². The van der Waals surface area contributed by atoms with Crippen LogP contribution in [0.1, 0.15) is 30.1 Å². The topological polar surface area (TPSA) is 44.8 Å². The molecule has 0 spiro atoms. The van der Waals surface area contributed by atoms with Gasteiger partial charge in [0, 0.05) is 6.42 Å². The molecule has 18 heavy (non-hydrogen) atoms. The zero-order valence-corrected chi connectivity index (χ0v) is 11.8. The van der Waals surface area contributed by atoms with Crippen LogP contribution < -0.4 is 14.2 Å². The van der Waals surface area contributed by atoms with Crippen LogP contribution in [0.3, 0.4) is 0 Å². The van der Waals surface area contributed by atoms with Gasteiger partial charge in [0.25, 0.3) is 0 Å². The number of Topliss-reactive ketones (excluding diaryl/α,β-unsaturated/α-hetero) is 1. The molecule has 0 saturated carbocycles. The van der Waals surface area contributed by atoms with E-state index in [2.05, 4.69) is 0 Å². The second-order valence-corrected chi connectivity index (χ2v) is 4.09. The van der Waals surface area contributed by atoms with Gasteiger partial charge in [0.15, 0.2) is 17.3 Å². The minimum Gasteiger partial charge on any atom is -0.492 e. The van der Waals surface area contributed by atoms with Gasteiger partial charge in [-0.25, -0.2) is 0 Å². The lowest BCUT2D eigenvalue weighted by Gasteiger charge is -2.16. The Hall–Kier alpha value is -1.42. The standard InChI is InChI=1S/C13H17ClO4/c1-5-6-10(15)8-7-9(14)12(17-3)13(18-4)11(8)16-2/h7H,5-6H2,1-4H3. The van der Waals surface area contributed by atoms with Crippen LogP contribution in [-0.2, 0) is 0 Å². The second-order valence-electron chi connectivity index (χ2n) is 3.68. The van der Waals surface area contributed by atoms with Gasteiger partial charge in [0.05, 0.1) is 31.9 Å². The highest BCUT2D eigenvalue weighted by Gasteiger charge is 2.23. The van der Waals surface area contributed by atoms with E-state index in [1.807, 2.05) is 6.92 Å². The minimum absolute atomic E-state index is 0.0304. The summed E-state index contributed by atoms with van der Waals surface area (Å²) in [5, 5.41) is 0.328. The first-order valence-electron chi connectivity index (χ1n) is 5.62. The van der Waals surface area contributed by atoms with Crippen LogP contribution in [0.15, 0.2) is 6.07 Å². The molecular formula is C13H17ClO4. The fourth-order valence-electron chi connectivity index (χ4n) is 1.74. The molecule has 0 N–H and O–H groups in total. The molecule has 1 aromatic rings. The summed E-state index contributed by atoms with van der Waals surface area (Å²) in [6.07, 6.45) is 1.19. The number of carbonyl (C=O) groups is 1. The van der Waals surface area contributed by atoms with E-state index in [0.29, 0.717) is 34.3 Å². The fraction of sp³-hybridized carbons (Fsp3) is 0.462. The molecule has 0 unspecified atom stereocenters. The highest BCUT2D eigenvalue weighted by Crippen LogP contribution is 2.45. The number of methoxy groups -OCH3 is 3. The second kappa shape index (κ2) is 6.50. The highest BCUT2D eigenvalue weighted by molar-refractivity contribution is 6.33. The predicted octanol–water partition coefficient (Wildman–Crippen LogP) is 3.35. The van der Waals surface area contributed by atoms with Gasteiger partial charge >= 0.3 is 0 Å². The fourth-order valence-corrected chi connectivity index (χ4v) is 2.01. The molecule has 0 heterocycles. The predicted molar refractivity (Wildman–Crippen MR) is 70.3 cm³/mol. The Morgan fingerprint density at radius 1 is 1.11 bits per heavy atom. The van der Waals surface area contributed by atoms with Crippen LogP contribution in [0.2, 0.25) is 5.02 Å². The molecule has 0 bridgehead atoms. The number of benzene rings is 1. The van der Waals surface area contributed by atoms with Crippen LogP contribution in [0.25, 0.3) is 0 Å². The molecule has 4 nitrogen and oxygen atoms in total. The van der Waals surface area contributed by atoms with Crippen molar-refractivity contribution in [3.63, 3.8) is 0 Å². The third-order valence-corrected chi connectivity index (χ3v) is 2.82. The zero-order valence-electron chi connectivity index (χ0n) is 11.0. The van der Waals surface area contributed by atoms with E-state index in [-0.39, 0.29) is 5.78 Å². The highest BCUT2D eigenvalue weighted by atomic mass is 35.5. The number of ketones is 1. The van der Waals surface area contributed by atoms with E-state index in [4.69, 9.17) is 25.8 Å². The molecule has 5 heteroatoms. The van der Waals surface area contributed by atoms with Gasteiger partial charge in [-0.2, -0.15) is 0 Å². The lowest BCUT2D eigenvalue weighted by molar-refractivity contribution is 0.0978. The van der Waals surface area contributed by atoms with Crippen LogP contribution in [0.4, 0.5) is 0 Å². The molecule has 0 aliphatic heterocycles. The van der Waals surface area contributed by atoms with Crippen molar-refractivity contribution >= 4 is 17.4 Å². The maximum atomic E-state index is 12.0. The molecule has 0 fully saturated rings. The van der Waals surface area contributed by atoms with Crippen molar-refractivity contribution < 1.29 is 19.0 Å². The first-order valence-corrected chi connectivity index (χ1v) is 6.00. The number of hydrogen-bond acceptors (Lipinski definition) is 4. The lowest BCUT2D eigenvalue weighted by Crippen LogP contribution is -2.05. The van der Waals surface area contributed by atoms with Crippen molar-refractivity contribution in [1.82, 2.24) is 0 Å². The van der Waals surface area contributed by atoms with Crippen molar-refractivity contribution in [3.8, 4) is 17.2 Å². The summed E-state index contributed by atoms with van der Waals surface area (Å²) in [5.74, 6) is 1.03. The largest absolute Gasteiger partial charge is 0.492 e. The third-order valence-electron chi connectivity index (χ3n) is 2.53. The SMILES string of the molecule is CCCC(=O)c1cc(Cl)c(OC)c(OC)c1OC. The summed E-state index contributed by atoms with van der Waals surface area (Å²) in [6, 6.07) is 1.56. The van der Waals surface area contributed by atoms with Crippen LogP contribution in [-0.4, -0.2) is 27.1 Å². The number of ether oxygens (including phenoxy) is 3. The Labute approximate surface area is 112 Å². The number of carbonyl (C=O) groups excluding carboxylic acids is 1. The lowest BCUT2D eigenvalue weighted by atomic mass is 10.0. The third kappa shape index (κ3) is 2.70. The van der Waals surface area contributed by atoms with E-state index < -0.39 is 0 Å². The first-order chi connectivity index (χ1) is 8.60. The minimum atomic E-state index is -0.0304. The maximum Gasteiger partial charge on any atom is 0.205 e. The van der Waals surface area contributed by atoms with Crippen molar-refractivity contribution in [2.24, 2.45) is 0 Å². The Morgan fingerprint density at radius 2 is 1.67 bits per heavy atom. The molecule has 0 aliphatic rings. The van der Waals surface area contributed by atoms with Crippen LogP contribution >= 0.6 is 11.6 Å². The molecule has 100 valence electrons. The summed E-state index contributed by atoms with van der Waals surface area (Å²) in [6.45, 7) is 1.94. The molecule has 0 amide bonds. The summed E-state index contributed by atoms with van der Waals surface area (Å²) < 4.78 is 15.6. The smallest absolute Gasteiger partial charge is 0.205 e. The summed E-state index contributed by atoms with van der Waals surface area (Å²) in [4.78, 5) is 12.0. The van der Waals surface area contributed by atoms with Gasteiger partial charge in [-0.3, -0.25) is 4.79 Å². The monoisotopic (exact) mass is 272 g/mol. The Morgan fingerprint density at radius 3 is 2.11 bits per heavy atom. The normalized spacial score (nSPS) is 10.1. The Balaban J connectivity index is 3.44. The molecule has 0 saturated heterocycles. The average molecular weight is 273 g/mol. The van der Waals surface area contributed by atoms with Gasteiger partial charge in [-0.1, -0.05) is 18.5 Å². The van der Waals surface area contributed by atoms with Gasteiger partial charge < -0.3 is 14.2 Å². The Bertz CT molecular complexity index is 443. The van der Waals surface area contributed by atoms with Crippen LogP contribution in [0, 0.1) is 0 Å². The molecule has 0 radical (unpaired) electrons. The first kappa shape index (κ1) is 14.6. The average Bonchev–Trinajstić information content (AvgIpc) is 2.37. The number of hydrogen-bond donors (Lipinski definition) is 0. The molecule has 0 atom stereocenters. The molecule has 0 aliphatic carbocycles. The molecule has 1 aromatic carbocycles. The van der Waals surface area contributed by atoms with Gasteiger partial charge in [-0.05, 0) is 12.5 Å². The van der Waals surface area contributed by atoms with E-state index >= 15 is 0 Å². The zero-order chi connectivity index (χ0) is 13.7. The molecule has 0 aromatic heterocycles.